The van der Waals surface area contributed by atoms with Gasteiger partial charge >= 0.3 is 0 Å². The second-order valence-electron chi connectivity index (χ2n) is 8.14. The van der Waals surface area contributed by atoms with Crippen molar-refractivity contribution in [1.82, 2.24) is 15.2 Å². The Balaban J connectivity index is 1.95. The molecule has 0 fully saturated rings. The van der Waals surface area contributed by atoms with Crippen LogP contribution in [0.2, 0.25) is 0 Å². The van der Waals surface area contributed by atoms with Crippen LogP contribution in [0, 0.1) is 26.9 Å². The van der Waals surface area contributed by atoms with Gasteiger partial charge in [0, 0.05) is 29.8 Å². The zero-order valence-corrected chi connectivity index (χ0v) is 16.4. The summed E-state index contributed by atoms with van der Waals surface area (Å²) in [6.45, 7) is 3.99. The van der Waals surface area contributed by atoms with Gasteiger partial charge in [-0.1, -0.05) is 26.0 Å². The second kappa shape index (κ2) is 6.81. The molecule has 152 valence electrons. The minimum Gasteiger partial charge on any atom is -0.384 e. The van der Waals surface area contributed by atoms with Gasteiger partial charge in [-0.2, -0.15) is 15.3 Å². The summed E-state index contributed by atoms with van der Waals surface area (Å²) in [7, 11) is 0. The highest BCUT2D eigenvalue weighted by Crippen LogP contribution is 2.49. The lowest BCUT2D eigenvalue weighted by molar-refractivity contribution is -0.384. The van der Waals surface area contributed by atoms with Crippen molar-refractivity contribution in [2.75, 3.05) is 4.90 Å². The molecule has 10 nitrogen and oxygen atoms in total. The quantitative estimate of drug-likeness (QED) is 0.583. The highest BCUT2D eigenvalue weighted by molar-refractivity contribution is 6.01. The number of aromatic nitrogens is 3. The Morgan fingerprint density at radius 2 is 2.03 bits per heavy atom. The summed E-state index contributed by atoms with van der Waals surface area (Å²) in [5, 5.41) is 27.6. The predicted octanol–water partition coefficient (Wildman–Crippen LogP) is 2.65. The third-order valence-corrected chi connectivity index (χ3v) is 5.43. The second-order valence-corrected chi connectivity index (χ2v) is 8.14. The summed E-state index contributed by atoms with van der Waals surface area (Å²) in [4.78, 5) is 29.6. The number of H-pyrrole nitrogens is 1. The molecule has 1 aromatic carbocycles. The minimum absolute atomic E-state index is 0.0707. The van der Waals surface area contributed by atoms with Crippen LogP contribution in [0.25, 0.3) is 0 Å². The Labute approximate surface area is 171 Å². The lowest BCUT2D eigenvalue weighted by Crippen LogP contribution is -2.42. The number of benzene rings is 1. The van der Waals surface area contributed by atoms with Gasteiger partial charge in [-0.25, -0.2) is 5.10 Å². The molecule has 0 saturated carbocycles. The Morgan fingerprint density at radius 3 is 2.60 bits per heavy atom. The van der Waals surface area contributed by atoms with E-state index in [1.807, 2.05) is 13.8 Å². The summed E-state index contributed by atoms with van der Waals surface area (Å²) in [6, 6.07) is 7.99. The van der Waals surface area contributed by atoms with E-state index in [0.717, 1.165) is 0 Å². The van der Waals surface area contributed by atoms with E-state index in [9.17, 15) is 20.2 Å². The summed E-state index contributed by atoms with van der Waals surface area (Å²) < 4.78 is 0. The number of nitriles is 1. The standard InChI is InChI=1S/C20H19N7O3/c1-20(2)7-14-17(15(28)8-20)16(11-3-5-12(6-4-11)27(29)30)13(9-21)18(22)26(14)19-23-10-24-25-19/h3-6,10,16H,7-8,22H2,1-2H3,(H,23,24,25). The summed E-state index contributed by atoms with van der Waals surface area (Å²) in [6.07, 6.45) is 2.18. The van der Waals surface area contributed by atoms with Crippen LogP contribution in [-0.2, 0) is 4.79 Å². The highest BCUT2D eigenvalue weighted by Gasteiger charge is 2.45. The van der Waals surface area contributed by atoms with Gasteiger partial charge in [0.05, 0.1) is 22.5 Å². The monoisotopic (exact) mass is 405 g/mol. The number of hydrogen-bond acceptors (Lipinski definition) is 8. The van der Waals surface area contributed by atoms with E-state index in [1.54, 1.807) is 17.0 Å². The van der Waals surface area contributed by atoms with Crippen LogP contribution in [0.5, 0.6) is 0 Å². The fourth-order valence-electron chi connectivity index (χ4n) is 4.18. The predicted molar refractivity (Wildman–Crippen MR) is 107 cm³/mol. The number of aromatic amines is 1. The first-order chi connectivity index (χ1) is 14.2. The molecular formula is C20H19N7O3. The van der Waals surface area contributed by atoms with Crippen LogP contribution in [0.1, 0.15) is 38.2 Å². The summed E-state index contributed by atoms with van der Waals surface area (Å²) >= 11 is 0. The number of nitro benzene ring substituents is 1. The maximum absolute atomic E-state index is 13.3. The lowest BCUT2D eigenvalue weighted by Gasteiger charge is -2.42. The van der Waals surface area contributed by atoms with Gasteiger partial charge in [0.2, 0.25) is 5.95 Å². The number of rotatable bonds is 3. The van der Waals surface area contributed by atoms with E-state index in [0.29, 0.717) is 35.6 Å². The van der Waals surface area contributed by atoms with Crippen molar-refractivity contribution >= 4 is 17.4 Å². The SMILES string of the molecule is CC1(C)CC(=O)C2=C(C1)N(c1ncn[nH]1)C(N)=C(C#N)C2c1ccc([N+](=O)[O-])cc1. The lowest BCUT2D eigenvalue weighted by atomic mass is 9.68. The fourth-order valence-corrected chi connectivity index (χ4v) is 4.18. The third kappa shape index (κ3) is 3.00. The average molecular weight is 405 g/mol. The smallest absolute Gasteiger partial charge is 0.269 e. The first kappa shape index (κ1) is 19.3. The van der Waals surface area contributed by atoms with E-state index in [-0.39, 0.29) is 28.3 Å². The molecule has 1 aliphatic carbocycles. The van der Waals surface area contributed by atoms with Gasteiger partial charge in [-0.3, -0.25) is 19.8 Å². The van der Waals surface area contributed by atoms with Crippen molar-refractivity contribution in [3.63, 3.8) is 0 Å². The first-order valence-corrected chi connectivity index (χ1v) is 9.29. The number of nitro groups is 1. The van der Waals surface area contributed by atoms with Crippen LogP contribution in [-0.4, -0.2) is 25.9 Å². The molecule has 1 atom stereocenters. The van der Waals surface area contributed by atoms with Crippen LogP contribution < -0.4 is 10.6 Å². The molecule has 2 aliphatic rings. The maximum atomic E-state index is 13.3. The number of Topliss-reactive ketones (excluding diaryl/α,β-unsaturated/α-hetero) is 1. The highest BCUT2D eigenvalue weighted by atomic mass is 16.6. The number of non-ortho nitro benzene ring substituents is 1. The van der Waals surface area contributed by atoms with Crippen LogP contribution >= 0.6 is 0 Å². The number of hydrogen-bond donors (Lipinski definition) is 2. The van der Waals surface area contributed by atoms with Gasteiger partial charge in [-0.15, -0.1) is 0 Å². The number of anilines is 1. The molecule has 3 N–H and O–H groups in total. The van der Waals surface area contributed by atoms with Crippen LogP contribution in [0.15, 0.2) is 53.3 Å². The van der Waals surface area contributed by atoms with Crippen molar-refractivity contribution < 1.29 is 9.72 Å². The maximum Gasteiger partial charge on any atom is 0.269 e. The molecule has 0 bridgehead atoms. The van der Waals surface area contributed by atoms with Gasteiger partial charge < -0.3 is 5.73 Å². The average Bonchev–Trinajstić information content (AvgIpc) is 3.20. The van der Waals surface area contributed by atoms with Gasteiger partial charge in [-0.05, 0) is 17.4 Å². The third-order valence-electron chi connectivity index (χ3n) is 5.43. The molecule has 10 heteroatoms. The molecule has 0 spiro atoms. The van der Waals surface area contributed by atoms with Gasteiger partial charge in [0.25, 0.3) is 5.69 Å². The zero-order chi connectivity index (χ0) is 21.6. The van der Waals surface area contributed by atoms with E-state index in [2.05, 4.69) is 21.3 Å². The largest absolute Gasteiger partial charge is 0.384 e. The first-order valence-electron chi connectivity index (χ1n) is 9.29. The van der Waals surface area contributed by atoms with Crippen molar-refractivity contribution in [3.05, 3.63) is 68.9 Å². The number of nitrogens with zero attached hydrogens (tertiary/aromatic N) is 5. The van der Waals surface area contributed by atoms with Gasteiger partial charge in [0.15, 0.2) is 5.78 Å². The zero-order valence-electron chi connectivity index (χ0n) is 16.4. The number of allylic oxidation sites excluding steroid dienone is 3. The molecule has 30 heavy (non-hydrogen) atoms. The summed E-state index contributed by atoms with van der Waals surface area (Å²) in [5.74, 6) is -0.315. The molecule has 0 amide bonds. The number of carbonyl (C=O) groups is 1. The Morgan fingerprint density at radius 1 is 1.33 bits per heavy atom. The Kier molecular flexibility index (Phi) is 4.38. The van der Waals surface area contributed by atoms with Crippen molar-refractivity contribution in [2.45, 2.75) is 32.6 Å². The van der Waals surface area contributed by atoms with E-state index in [4.69, 9.17) is 5.73 Å². The number of ketones is 1. The van der Waals surface area contributed by atoms with Crippen LogP contribution in [0.4, 0.5) is 11.6 Å². The minimum atomic E-state index is -0.700. The van der Waals surface area contributed by atoms with Crippen molar-refractivity contribution in [1.29, 1.82) is 5.26 Å². The molecule has 4 rings (SSSR count). The normalized spacial score (nSPS) is 20.8. The van der Waals surface area contributed by atoms with E-state index >= 15 is 0 Å². The molecule has 2 aromatic rings. The molecule has 2 heterocycles. The number of nitrogens with one attached hydrogen (secondary N) is 1. The molecule has 1 aliphatic heterocycles. The number of carbonyl (C=O) groups excluding carboxylic acids is 1. The van der Waals surface area contributed by atoms with E-state index in [1.165, 1.54) is 18.5 Å². The van der Waals surface area contributed by atoms with Crippen LogP contribution in [0.3, 0.4) is 0 Å². The molecule has 0 saturated heterocycles. The Hall–Kier alpha value is -4.00. The Bertz CT molecular complexity index is 1140. The van der Waals surface area contributed by atoms with Crippen molar-refractivity contribution in [2.24, 2.45) is 11.1 Å². The molecular weight excluding hydrogens is 386 g/mol. The van der Waals surface area contributed by atoms with E-state index < -0.39 is 10.8 Å². The number of nitrogens with two attached hydrogens (primary N) is 1. The molecule has 1 aromatic heterocycles. The van der Waals surface area contributed by atoms with Gasteiger partial charge in [0.1, 0.15) is 12.1 Å². The fraction of sp³-hybridized carbons (Fsp3) is 0.300. The topological polar surface area (TPSA) is 155 Å². The van der Waals surface area contributed by atoms with Crippen molar-refractivity contribution in [3.8, 4) is 6.07 Å². The molecule has 0 radical (unpaired) electrons. The molecule has 1 unspecified atom stereocenters. The summed E-state index contributed by atoms with van der Waals surface area (Å²) in [5.41, 5.74) is 7.94.